The van der Waals surface area contributed by atoms with Gasteiger partial charge < -0.3 is 10.2 Å². The van der Waals surface area contributed by atoms with Gasteiger partial charge in [-0.2, -0.15) is 0 Å². The number of hydrogen-bond donors (Lipinski definition) is 1. The van der Waals surface area contributed by atoms with Crippen molar-refractivity contribution in [1.29, 1.82) is 0 Å². The number of benzene rings is 2. The summed E-state index contributed by atoms with van der Waals surface area (Å²) in [6, 6.07) is 14.2. The van der Waals surface area contributed by atoms with E-state index >= 15 is 0 Å². The molecule has 3 aromatic rings. The van der Waals surface area contributed by atoms with Gasteiger partial charge in [0.25, 0.3) is 0 Å². The molecule has 1 aliphatic heterocycles. The minimum absolute atomic E-state index is 0.0622. The summed E-state index contributed by atoms with van der Waals surface area (Å²) in [7, 11) is 0. The molecule has 2 aromatic carbocycles. The van der Waals surface area contributed by atoms with E-state index < -0.39 is 0 Å². The highest BCUT2D eigenvalue weighted by Gasteiger charge is 2.12. The number of piperazine rings is 1. The Bertz CT molecular complexity index is 893. The molecule has 5 nitrogen and oxygen atoms in total. The number of anilines is 1. The molecule has 24 heavy (non-hydrogen) atoms. The number of hydrogen-bond acceptors (Lipinski definition) is 4. The van der Waals surface area contributed by atoms with Crippen molar-refractivity contribution >= 4 is 22.5 Å². The summed E-state index contributed by atoms with van der Waals surface area (Å²) in [5.74, 6) is 0.0622. The number of Topliss-reactive ketones (excluding diaryl/α,β-unsaturated/α-hetero) is 1. The number of nitrogens with zero attached hydrogens (tertiary/aromatic N) is 3. The molecule has 0 amide bonds. The molecule has 1 aliphatic rings. The molecule has 4 rings (SSSR count). The van der Waals surface area contributed by atoms with Gasteiger partial charge in [0.1, 0.15) is 6.33 Å². The zero-order valence-electron chi connectivity index (χ0n) is 13.7. The van der Waals surface area contributed by atoms with Crippen LogP contribution in [0, 0.1) is 0 Å². The van der Waals surface area contributed by atoms with Gasteiger partial charge >= 0.3 is 0 Å². The van der Waals surface area contributed by atoms with Crippen molar-refractivity contribution in [1.82, 2.24) is 14.9 Å². The van der Waals surface area contributed by atoms with Gasteiger partial charge in [-0.05, 0) is 43.3 Å². The molecule has 1 saturated heterocycles. The Morgan fingerprint density at radius 1 is 1.08 bits per heavy atom. The zero-order valence-corrected chi connectivity index (χ0v) is 13.7. The van der Waals surface area contributed by atoms with Gasteiger partial charge in [-0.3, -0.25) is 9.36 Å². The van der Waals surface area contributed by atoms with E-state index in [2.05, 4.69) is 44.0 Å². The lowest BCUT2D eigenvalue weighted by molar-refractivity contribution is 0.101. The van der Waals surface area contributed by atoms with Crippen molar-refractivity contribution in [2.75, 3.05) is 31.1 Å². The predicted octanol–water partition coefficient (Wildman–Crippen LogP) is 2.64. The first-order chi connectivity index (χ1) is 11.7. The van der Waals surface area contributed by atoms with E-state index in [9.17, 15) is 4.79 Å². The first-order valence-electron chi connectivity index (χ1n) is 8.26. The smallest absolute Gasteiger partial charge is 0.159 e. The van der Waals surface area contributed by atoms with Crippen LogP contribution in [-0.2, 0) is 0 Å². The van der Waals surface area contributed by atoms with Crippen LogP contribution in [-0.4, -0.2) is 41.5 Å². The molecule has 5 heteroatoms. The molecule has 1 N–H and O–H groups in total. The molecule has 0 atom stereocenters. The van der Waals surface area contributed by atoms with Crippen LogP contribution in [0.4, 0.5) is 5.69 Å². The van der Waals surface area contributed by atoms with E-state index in [1.807, 2.05) is 24.5 Å². The molecule has 1 fully saturated rings. The fraction of sp³-hybridized carbons (Fsp3) is 0.263. The molecular formula is C19H20N4O. The van der Waals surface area contributed by atoms with E-state index in [1.54, 1.807) is 6.92 Å². The van der Waals surface area contributed by atoms with Gasteiger partial charge in [0.2, 0.25) is 0 Å². The van der Waals surface area contributed by atoms with Gasteiger partial charge in [-0.25, -0.2) is 4.98 Å². The summed E-state index contributed by atoms with van der Waals surface area (Å²) < 4.78 is 2.07. The second-order valence-corrected chi connectivity index (χ2v) is 6.13. The van der Waals surface area contributed by atoms with Crippen molar-refractivity contribution in [3.63, 3.8) is 0 Å². The van der Waals surface area contributed by atoms with Gasteiger partial charge in [-0.1, -0.05) is 6.07 Å². The predicted molar refractivity (Wildman–Crippen MR) is 96.2 cm³/mol. The quantitative estimate of drug-likeness (QED) is 0.754. The number of ketones is 1. The number of carbonyl (C=O) groups is 1. The van der Waals surface area contributed by atoms with E-state index in [1.165, 1.54) is 5.69 Å². The lowest BCUT2D eigenvalue weighted by Crippen LogP contribution is -2.43. The largest absolute Gasteiger partial charge is 0.369 e. The number of rotatable bonds is 3. The minimum atomic E-state index is 0.0622. The Morgan fingerprint density at radius 2 is 1.88 bits per heavy atom. The van der Waals surface area contributed by atoms with Crippen LogP contribution in [0.3, 0.4) is 0 Å². The van der Waals surface area contributed by atoms with Crippen LogP contribution in [0.1, 0.15) is 17.3 Å². The fourth-order valence-corrected chi connectivity index (χ4v) is 3.20. The number of nitrogens with one attached hydrogen (secondary N) is 1. The van der Waals surface area contributed by atoms with Gasteiger partial charge in [0.05, 0.1) is 11.0 Å². The molecule has 0 aliphatic carbocycles. The van der Waals surface area contributed by atoms with Crippen LogP contribution >= 0.6 is 0 Å². The van der Waals surface area contributed by atoms with E-state index in [-0.39, 0.29) is 5.78 Å². The third kappa shape index (κ3) is 2.67. The zero-order chi connectivity index (χ0) is 16.5. The van der Waals surface area contributed by atoms with Gasteiger partial charge in [0.15, 0.2) is 5.78 Å². The van der Waals surface area contributed by atoms with Crippen LogP contribution < -0.4 is 10.2 Å². The van der Waals surface area contributed by atoms with Crippen molar-refractivity contribution < 1.29 is 4.79 Å². The molecule has 0 bridgehead atoms. The minimum Gasteiger partial charge on any atom is -0.369 e. The maximum absolute atomic E-state index is 11.5. The second kappa shape index (κ2) is 6.09. The van der Waals surface area contributed by atoms with Crippen LogP contribution in [0.15, 0.2) is 48.8 Å². The summed E-state index contributed by atoms with van der Waals surface area (Å²) in [4.78, 5) is 18.4. The summed E-state index contributed by atoms with van der Waals surface area (Å²) >= 11 is 0. The SMILES string of the molecule is CC(=O)c1ccc2c(c1)ncn2-c1cccc(N2CCNCC2)c1. The third-order valence-electron chi connectivity index (χ3n) is 4.54. The van der Waals surface area contributed by atoms with Crippen molar-refractivity contribution in [3.8, 4) is 5.69 Å². The number of fused-ring (bicyclic) bond motifs is 1. The number of aromatic nitrogens is 2. The average molecular weight is 320 g/mol. The first kappa shape index (κ1) is 14.9. The third-order valence-corrected chi connectivity index (χ3v) is 4.54. The Kier molecular flexibility index (Phi) is 3.78. The Labute approximate surface area is 140 Å². The monoisotopic (exact) mass is 320 g/mol. The number of imidazole rings is 1. The van der Waals surface area contributed by atoms with Crippen LogP contribution in [0.2, 0.25) is 0 Å². The highest BCUT2D eigenvalue weighted by Crippen LogP contribution is 2.23. The van der Waals surface area contributed by atoms with Crippen molar-refractivity contribution in [2.45, 2.75) is 6.92 Å². The fourth-order valence-electron chi connectivity index (χ4n) is 3.20. The molecule has 2 heterocycles. The highest BCUT2D eigenvalue weighted by atomic mass is 16.1. The van der Waals surface area contributed by atoms with Gasteiger partial charge in [0, 0.05) is 43.1 Å². The van der Waals surface area contributed by atoms with E-state index in [0.717, 1.165) is 42.9 Å². The molecule has 0 unspecified atom stereocenters. The standard InChI is InChI=1S/C19H20N4O/c1-14(24)15-5-6-19-18(11-15)21-13-23(19)17-4-2-3-16(12-17)22-9-7-20-8-10-22/h2-6,11-13,20H,7-10H2,1H3. The summed E-state index contributed by atoms with van der Waals surface area (Å²) in [6.45, 7) is 5.67. The van der Waals surface area contributed by atoms with Gasteiger partial charge in [-0.15, -0.1) is 0 Å². The van der Waals surface area contributed by atoms with Crippen molar-refractivity contribution in [2.24, 2.45) is 0 Å². The van der Waals surface area contributed by atoms with Crippen LogP contribution in [0.25, 0.3) is 16.7 Å². The summed E-state index contributed by atoms with van der Waals surface area (Å²) in [5, 5.41) is 3.38. The van der Waals surface area contributed by atoms with E-state index in [4.69, 9.17) is 0 Å². The molecule has 0 radical (unpaired) electrons. The molecule has 0 spiro atoms. The molecule has 0 saturated carbocycles. The molecule has 1 aromatic heterocycles. The average Bonchev–Trinajstić information content (AvgIpc) is 3.06. The Balaban J connectivity index is 1.73. The first-order valence-corrected chi connectivity index (χ1v) is 8.26. The molecule has 122 valence electrons. The lowest BCUT2D eigenvalue weighted by Gasteiger charge is -2.29. The molecular weight excluding hydrogens is 300 g/mol. The topological polar surface area (TPSA) is 50.2 Å². The lowest BCUT2D eigenvalue weighted by atomic mass is 10.1. The normalized spacial score (nSPS) is 15.0. The maximum Gasteiger partial charge on any atom is 0.159 e. The van der Waals surface area contributed by atoms with Crippen LogP contribution in [0.5, 0.6) is 0 Å². The van der Waals surface area contributed by atoms with Crippen molar-refractivity contribution in [3.05, 3.63) is 54.4 Å². The highest BCUT2D eigenvalue weighted by molar-refractivity contribution is 5.97. The maximum atomic E-state index is 11.5. The van der Waals surface area contributed by atoms with E-state index in [0.29, 0.717) is 5.56 Å². The number of carbonyl (C=O) groups excluding carboxylic acids is 1. The Hall–Kier alpha value is -2.66. The Morgan fingerprint density at radius 3 is 2.67 bits per heavy atom. The second-order valence-electron chi connectivity index (χ2n) is 6.13. The summed E-state index contributed by atoms with van der Waals surface area (Å²) in [5.41, 5.74) is 4.87. The summed E-state index contributed by atoms with van der Waals surface area (Å²) in [6.07, 6.45) is 1.82.